The minimum absolute atomic E-state index is 0.728. The Morgan fingerprint density at radius 1 is 1.20 bits per heavy atom. The van der Waals surface area contributed by atoms with Crippen LogP contribution in [0.2, 0.25) is 0 Å². The van der Waals surface area contributed by atoms with Crippen LogP contribution >= 0.6 is 0 Å². The van der Waals surface area contributed by atoms with Crippen LogP contribution in [0, 0.1) is 17.3 Å². The second-order valence-electron chi connectivity index (χ2n) is 6.23. The zero-order valence-corrected chi connectivity index (χ0v) is 10.5. The molecular weight excluding hydrogens is 182 g/mol. The lowest BCUT2D eigenvalue weighted by Crippen LogP contribution is -2.57. The van der Waals surface area contributed by atoms with Crippen LogP contribution < -0.4 is 5.32 Å². The molecule has 2 fully saturated rings. The second kappa shape index (κ2) is 4.86. The minimum atomic E-state index is 0.728. The van der Waals surface area contributed by atoms with Crippen LogP contribution in [-0.4, -0.2) is 13.1 Å². The van der Waals surface area contributed by atoms with Crippen molar-refractivity contribution in [2.75, 3.05) is 13.1 Å². The Kier molecular flexibility index (Phi) is 3.71. The molecule has 1 aliphatic carbocycles. The van der Waals surface area contributed by atoms with Gasteiger partial charge in [0, 0.05) is 13.1 Å². The van der Waals surface area contributed by atoms with E-state index in [1.165, 1.54) is 58.0 Å². The van der Waals surface area contributed by atoms with E-state index in [2.05, 4.69) is 19.2 Å². The van der Waals surface area contributed by atoms with Gasteiger partial charge in [-0.3, -0.25) is 0 Å². The Balaban J connectivity index is 1.79. The molecule has 0 spiro atoms. The number of rotatable bonds is 5. The largest absolute Gasteiger partial charge is 0.316 e. The van der Waals surface area contributed by atoms with Crippen LogP contribution in [-0.2, 0) is 0 Å². The fourth-order valence-electron chi connectivity index (χ4n) is 3.52. The summed E-state index contributed by atoms with van der Waals surface area (Å²) in [6, 6.07) is 0. The van der Waals surface area contributed by atoms with Crippen molar-refractivity contribution in [2.24, 2.45) is 17.3 Å². The topological polar surface area (TPSA) is 12.0 Å². The van der Waals surface area contributed by atoms with E-state index in [4.69, 9.17) is 0 Å². The molecule has 1 aliphatic heterocycles. The molecule has 0 radical (unpaired) electrons. The van der Waals surface area contributed by atoms with Gasteiger partial charge in [0.05, 0.1) is 0 Å². The Hall–Kier alpha value is -0.0400. The van der Waals surface area contributed by atoms with Crippen molar-refractivity contribution in [3.05, 3.63) is 0 Å². The Morgan fingerprint density at radius 2 is 1.87 bits per heavy atom. The second-order valence-corrected chi connectivity index (χ2v) is 6.23. The lowest BCUT2D eigenvalue weighted by Gasteiger charge is -2.48. The third-order valence-electron chi connectivity index (χ3n) is 4.63. The van der Waals surface area contributed by atoms with Gasteiger partial charge in [0.2, 0.25) is 0 Å². The average molecular weight is 209 g/mol. The lowest BCUT2D eigenvalue weighted by molar-refractivity contribution is 0.0656. The zero-order chi connectivity index (χ0) is 10.7. The summed E-state index contributed by atoms with van der Waals surface area (Å²) in [5.74, 6) is 1.95. The van der Waals surface area contributed by atoms with Gasteiger partial charge in [0.15, 0.2) is 0 Å². The van der Waals surface area contributed by atoms with Gasteiger partial charge in [-0.05, 0) is 36.5 Å². The lowest BCUT2D eigenvalue weighted by atomic mass is 9.66. The summed E-state index contributed by atoms with van der Waals surface area (Å²) in [7, 11) is 0. The van der Waals surface area contributed by atoms with Crippen LogP contribution in [0.5, 0.6) is 0 Å². The van der Waals surface area contributed by atoms with E-state index in [1.54, 1.807) is 0 Å². The molecule has 1 heteroatoms. The molecule has 1 heterocycles. The molecule has 0 aromatic rings. The first-order chi connectivity index (χ1) is 7.23. The third-order valence-corrected chi connectivity index (χ3v) is 4.63. The summed E-state index contributed by atoms with van der Waals surface area (Å²) in [4.78, 5) is 0. The van der Waals surface area contributed by atoms with Gasteiger partial charge >= 0.3 is 0 Å². The van der Waals surface area contributed by atoms with Crippen molar-refractivity contribution < 1.29 is 0 Å². The van der Waals surface area contributed by atoms with Gasteiger partial charge in [0.25, 0.3) is 0 Å². The standard InChI is InChI=1S/C14H27N/c1-12(2)6-5-9-14(10-15-11-14)13-7-3-4-8-13/h12-13,15H,3-11H2,1-2H3. The molecule has 2 rings (SSSR count). The van der Waals surface area contributed by atoms with E-state index in [1.807, 2.05) is 0 Å². The predicted molar refractivity (Wildman–Crippen MR) is 65.9 cm³/mol. The maximum absolute atomic E-state index is 3.52. The summed E-state index contributed by atoms with van der Waals surface area (Å²) in [5.41, 5.74) is 0.728. The molecule has 88 valence electrons. The molecular formula is C14H27N. The first-order valence-electron chi connectivity index (χ1n) is 6.94. The molecule has 0 bridgehead atoms. The van der Waals surface area contributed by atoms with Gasteiger partial charge in [-0.1, -0.05) is 39.5 Å². The summed E-state index contributed by atoms with van der Waals surface area (Å²) in [6.45, 7) is 7.33. The predicted octanol–water partition coefficient (Wildman–Crippen LogP) is 3.59. The van der Waals surface area contributed by atoms with Crippen molar-refractivity contribution in [1.82, 2.24) is 5.32 Å². The maximum atomic E-state index is 3.52. The molecule has 15 heavy (non-hydrogen) atoms. The summed E-state index contributed by atoms with van der Waals surface area (Å²) in [6.07, 6.45) is 10.4. The van der Waals surface area contributed by atoms with Gasteiger partial charge in [-0.15, -0.1) is 0 Å². The first-order valence-corrected chi connectivity index (χ1v) is 6.94. The van der Waals surface area contributed by atoms with E-state index in [0.717, 1.165) is 17.3 Å². The summed E-state index contributed by atoms with van der Waals surface area (Å²) < 4.78 is 0. The Labute approximate surface area is 95.0 Å². The quantitative estimate of drug-likeness (QED) is 0.729. The average Bonchev–Trinajstić information content (AvgIpc) is 2.62. The molecule has 1 saturated heterocycles. The van der Waals surface area contributed by atoms with E-state index in [-0.39, 0.29) is 0 Å². The highest BCUT2D eigenvalue weighted by Gasteiger charge is 2.43. The molecule has 1 saturated carbocycles. The number of hydrogen-bond acceptors (Lipinski definition) is 1. The minimum Gasteiger partial charge on any atom is -0.316 e. The van der Waals surface area contributed by atoms with Crippen molar-refractivity contribution in [2.45, 2.75) is 58.8 Å². The Morgan fingerprint density at radius 3 is 2.33 bits per heavy atom. The van der Waals surface area contributed by atoms with Crippen molar-refractivity contribution in [1.29, 1.82) is 0 Å². The monoisotopic (exact) mass is 209 g/mol. The first kappa shape index (κ1) is 11.4. The summed E-state index contributed by atoms with van der Waals surface area (Å²) >= 11 is 0. The highest BCUT2D eigenvalue weighted by atomic mass is 15.0. The Bertz CT molecular complexity index is 188. The third kappa shape index (κ3) is 2.55. The fraction of sp³-hybridized carbons (Fsp3) is 1.00. The fourth-order valence-corrected chi connectivity index (χ4v) is 3.52. The van der Waals surface area contributed by atoms with Crippen molar-refractivity contribution in [3.8, 4) is 0 Å². The molecule has 0 atom stereocenters. The van der Waals surface area contributed by atoms with E-state index >= 15 is 0 Å². The number of nitrogens with one attached hydrogen (secondary N) is 1. The van der Waals surface area contributed by atoms with E-state index in [9.17, 15) is 0 Å². The molecule has 1 nitrogen and oxygen atoms in total. The van der Waals surface area contributed by atoms with Crippen molar-refractivity contribution in [3.63, 3.8) is 0 Å². The SMILES string of the molecule is CC(C)CCCC1(C2CCCC2)CNC1. The highest BCUT2D eigenvalue weighted by molar-refractivity contribution is 4.98. The van der Waals surface area contributed by atoms with Gasteiger partial charge < -0.3 is 5.32 Å². The molecule has 0 aromatic carbocycles. The molecule has 2 aliphatic rings. The van der Waals surface area contributed by atoms with Gasteiger partial charge in [0.1, 0.15) is 0 Å². The molecule has 0 unspecified atom stereocenters. The van der Waals surface area contributed by atoms with Crippen molar-refractivity contribution >= 4 is 0 Å². The van der Waals surface area contributed by atoms with Gasteiger partial charge in [-0.2, -0.15) is 0 Å². The maximum Gasteiger partial charge on any atom is 0.00229 e. The van der Waals surface area contributed by atoms with Crippen LogP contribution in [0.4, 0.5) is 0 Å². The zero-order valence-electron chi connectivity index (χ0n) is 10.5. The van der Waals surface area contributed by atoms with Crippen LogP contribution in [0.3, 0.4) is 0 Å². The highest BCUT2D eigenvalue weighted by Crippen LogP contribution is 2.45. The molecule has 0 amide bonds. The van der Waals surface area contributed by atoms with Gasteiger partial charge in [-0.25, -0.2) is 0 Å². The van der Waals surface area contributed by atoms with Crippen LogP contribution in [0.1, 0.15) is 58.8 Å². The normalized spacial score (nSPS) is 25.8. The summed E-state index contributed by atoms with van der Waals surface area (Å²) in [5, 5.41) is 3.52. The van der Waals surface area contributed by atoms with Crippen LogP contribution in [0.25, 0.3) is 0 Å². The van der Waals surface area contributed by atoms with E-state index < -0.39 is 0 Å². The smallest absolute Gasteiger partial charge is 0.00229 e. The van der Waals surface area contributed by atoms with Crippen LogP contribution in [0.15, 0.2) is 0 Å². The number of hydrogen-bond donors (Lipinski definition) is 1. The molecule has 0 aromatic heterocycles. The molecule has 1 N–H and O–H groups in total. The van der Waals surface area contributed by atoms with E-state index in [0.29, 0.717) is 0 Å².